The van der Waals surface area contributed by atoms with Crippen LogP contribution in [-0.4, -0.2) is 19.0 Å². The molecule has 96 valence electrons. The summed E-state index contributed by atoms with van der Waals surface area (Å²) >= 11 is 7.92. The third-order valence-electron chi connectivity index (χ3n) is 2.68. The van der Waals surface area contributed by atoms with Crippen LogP contribution in [-0.2, 0) is 0 Å². The summed E-state index contributed by atoms with van der Waals surface area (Å²) in [5.41, 5.74) is 2.43. The molecule has 0 saturated heterocycles. The van der Waals surface area contributed by atoms with Crippen LogP contribution < -0.4 is 8.43 Å². The molecule has 2 nitrogen and oxygen atoms in total. The van der Waals surface area contributed by atoms with Gasteiger partial charge in [-0.05, 0) is 37.1 Å². The molecule has 0 amide bonds. The number of halogens is 2. The van der Waals surface area contributed by atoms with Crippen LogP contribution in [0.3, 0.4) is 0 Å². The fourth-order valence-electron chi connectivity index (χ4n) is 1.70. The molecule has 1 N–H and O–H groups in total. The molecular formula is C13H20ClIN2. The Morgan fingerprint density at radius 3 is 2.35 bits per heavy atom. The molecule has 0 radical (unpaired) electrons. The van der Waals surface area contributed by atoms with Gasteiger partial charge in [-0.15, -0.1) is 11.6 Å². The largest absolute Gasteiger partial charge is 0.371 e. The third-order valence-corrected chi connectivity index (χ3v) is 3.57. The van der Waals surface area contributed by atoms with Crippen molar-refractivity contribution < 1.29 is 0 Å². The molecule has 4 heteroatoms. The maximum absolute atomic E-state index is 5.78. The predicted octanol–water partition coefficient (Wildman–Crippen LogP) is 4.68. The highest BCUT2D eigenvalue weighted by Gasteiger charge is 2.05. The van der Waals surface area contributed by atoms with E-state index in [-0.39, 0.29) is 0 Å². The van der Waals surface area contributed by atoms with Crippen molar-refractivity contribution >= 4 is 45.8 Å². The van der Waals surface area contributed by atoms with Crippen LogP contribution in [0.2, 0.25) is 0 Å². The van der Waals surface area contributed by atoms with Crippen molar-refractivity contribution in [1.82, 2.24) is 0 Å². The normalized spacial score (nSPS) is 10.3. The lowest BCUT2D eigenvalue weighted by Gasteiger charge is -2.24. The highest BCUT2D eigenvalue weighted by Crippen LogP contribution is 2.19. The maximum atomic E-state index is 5.78. The number of hydrogen-bond acceptors (Lipinski definition) is 2. The molecular weight excluding hydrogens is 347 g/mol. The lowest BCUT2D eigenvalue weighted by Crippen LogP contribution is -2.25. The van der Waals surface area contributed by atoms with Crippen molar-refractivity contribution in [3.8, 4) is 0 Å². The topological polar surface area (TPSA) is 15.3 Å². The minimum absolute atomic E-state index is 0.732. The van der Waals surface area contributed by atoms with Crippen molar-refractivity contribution in [2.24, 2.45) is 0 Å². The van der Waals surface area contributed by atoms with E-state index in [0.717, 1.165) is 31.1 Å². The third kappa shape index (κ3) is 5.34. The lowest BCUT2D eigenvalue weighted by atomic mass is 10.2. The molecule has 0 aliphatic rings. The first kappa shape index (κ1) is 14.9. The number of alkyl halides is 1. The number of hydrogen-bond donors (Lipinski definition) is 1. The Kier molecular flexibility index (Phi) is 7.77. The van der Waals surface area contributed by atoms with Gasteiger partial charge in [0.05, 0.1) is 22.9 Å². The van der Waals surface area contributed by atoms with Crippen LogP contribution in [0.25, 0.3) is 0 Å². The summed E-state index contributed by atoms with van der Waals surface area (Å²) in [5.74, 6) is 0.732. The lowest BCUT2D eigenvalue weighted by molar-refractivity contribution is 0.705. The van der Waals surface area contributed by atoms with Gasteiger partial charge in [-0.1, -0.05) is 13.3 Å². The summed E-state index contributed by atoms with van der Waals surface area (Å²) in [6.45, 7) is 4.38. The average Bonchev–Trinajstić information content (AvgIpc) is 2.39. The zero-order chi connectivity index (χ0) is 12.5. The van der Waals surface area contributed by atoms with E-state index in [4.69, 9.17) is 11.6 Å². The molecule has 0 atom stereocenters. The van der Waals surface area contributed by atoms with Crippen LogP contribution >= 0.6 is 34.5 Å². The number of nitrogens with one attached hydrogen (secondary N) is 1. The number of anilines is 2. The van der Waals surface area contributed by atoms with Gasteiger partial charge in [-0.25, -0.2) is 0 Å². The number of benzene rings is 1. The Balaban J connectivity index is 2.65. The molecule has 17 heavy (non-hydrogen) atoms. The molecule has 1 rings (SSSR count). The fourth-order valence-corrected chi connectivity index (χ4v) is 2.18. The van der Waals surface area contributed by atoms with Gasteiger partial charge in [0.25, 0.3) is 0 Å². The average molecular weight is 367 g/mol. The predicted molar refractivity (Wildman–Crippen MR) is 86.5 cm³/mol. The van der Waals surface area contributed by atoms with E-state index < -0.39 is 0 Å². The summed E-state index contributed by atoms with van der Waals surface area (Å²) in [4.78, 5) is 2.42. The molecule has 0 aromatic heterocycles. The van der Waals surface area contributed by atoms with Gasteiger partial charge in [0.15, 0.2) is 0 Å². The number of unbranched alkanes of at least 4 members (excludes halogenated alkanes) is 1. The van der Waals surface area contributed by atoms with Crippen LogP contribution in [0.15, 0.2) is 24.3 Å². The standard InChI is InChI=1S/C13H20ClIN2/c1-2-3-10-17(11-4-9-14)13-7-5-12(16-15)6-8-13/h5-8,16H,2-4,9-11H2,1H3. The molecule has 0 aliphatic carbocycles. The number of rotatable bonds is 8. The maximum Gasteiger partial charge on any atom is 0.0560 e. The van der Waals surface area contributed by atoms with Crippen LogP contribution in [0.5, 0.6) is 0 Å². The van der Waals surface area contributed by atoms with E-state index in [1.807, 2.05) is 0 Å². The van der Waals surface area contributed by atoms with E-state index in [1.54, 1.807) is 0 Å². The Labute approximate surface area is 123 Å². The van der Waals surface area contributed by atoms with E-state index in [1.165, 1.54) is 18.5 Å². The van der Waals surface area contributed by atoms with E-state index in [2.05, 4.69) is 62.5 Å². The van der Waals surface area contributed by atoms with Crippen molar-refractivity contribution in [2.45, 2.75) is 26.2 Å². The van der Waals surface area contributed by atoms with Crippen LogP contribution in [0.1, 0.15) is 26.2 Å². The quantitative estimate of drug-likeness (QED) is 0.408. The monoisotopic (exact) mass is 366 g/mol. The molecule has 0 saturated carbocycles. The van der Waals surface area contributed by atoms with Crippen LogP contribution in [0.4, 0.5) is 11.4 Å². The Hall–Kier alpha value is -0.160. The summed E-state index contributed by atoms with van der Waals surface area (Å²) in [6, 6.07) is 8.57. The molecule has 1 aromatic carbocycles. The van der Waals surface area contributed by atoms with Gasteiger partial charge < -0.3 is 8.43 Å². The van der Waals surface area contributed by atoms with E-state index in [9.17, 15) is 0 Å². The number of nitrogens with zero attached hydrogens (tertiary/aromatic N) is 1. The van der Waals surface area contributed by atoms with Crippen molar-refractivity contribution in [1.29, 1.82) is 0 Å². The second kappa shape index (κ2) is 8.86. The molecule has 1 aromatic rings. The Morgan fingerprint density at radius 1 is 1.18 bits per heavy atom. The molecule has 0 aliphatic heterocycles. The van der Waals surface area contributed by atoms with Gasteiger partial charge >= 0.3 is 0 Å². The van der Waals surface area contributed by atoms with Gasteiger partial charge in [-0.2, -0.15) is 0 Å². The van der Waals surface area contributed by atoms with Crippen molar-refractivity contribution in [3.05, 3.63) is 24.3 Å². The molecule has 0 bridgehead atoms. The smallest absolute Gasteiger partial charge is 0.0560 e. The second-order valence-electron chi connectivity index (χ2n) is 4.02. The summed E-state index contributed by atoms with van der Waals surface area (Å²) in [7, 11) is 0. The second-order valence-corrected chi connectivity index (χ2v) is 4.94. The molecule has 0 fully saturated rings. The first-order valence-corrected chi connectivity index (χ1v) is 7.70. The minimum atomic E-state index is 0.732. The molecule has 0 spiro atoms. The van der Waals surface area contributed by atoms with E-state index in [0.29, 0.717) is 0 Å². The zero-order valence-corrected chi connectivity index (χ0v) is 13.2. The molecule has 0 unspecified atom stereocenters. The highest BCUT2D eigenvalue weighted by molar-refractivity contribution is 14.1. The fraction of sp³-hybridized carbons (Fsp3) is 0.538. The first-order valence-electron chi connectivity index (χ1n) is 6.09. The van der Waals surface area contributed by atoms with Gasteiger partial charge in [0.1, 0.15) is 0 Å². The SMILES string of the molecule is CCCCN(CCCCl)c1ccc(NI)cc1. The van der Waals surface area contributed by atoms with E-state index >= 15 is 0 Å². The first-order chi connectivity index (χ1) is 8.31. The minimum Gasteiger partial charge on any atom is -0.371 e. The van der Waals surface area contributed by atoms with Crippen molar-refractivity contribution in [3.63, 3.8) is 0 Å². The Bertz CT molecular complexity index is 295. The summed E-state index contributed by atoms with van der Waals surface area (Å²) < 4.78 is 3.11. The zero-order valence-electron chi connectivity index (χ0n) is 10.3. The van der Waals surface area contributed by atoms with Crippen LogP contribution in [0, 0.1) is 0 Å². The van der Waals surface area contributed by atoms with Gasteiger partial charge in [0.2, 0.25) is 0 Å². The highest BCUT2D eigenvalue weighted by atomic mass is 127. The van der Waals surface area contributed by atoms with Gasteiger partial charge in [0, 0.05) is 30.3 Å². The summed E-state index contributed by atoms with van der Waals surface area (Å²) in [6.07, 6.45) is 3.50. The molecule has 0 heterocycles. The summed E-state index contributed by atoms with van der Waals surface area (Å²) in [5, 5.41) is 0. The Morgan fingerprint density at radius 2 is 1.82 bits per heavy atom. The van der Waals surface area contributed by atoms with Crippen molar-refractivity contribution in [2.75, 3.05) is 27.4 Å². The van der Waals surface area contributed by atoms with Gasteiger partial charge in [-0.3, -0.25) is 0 Å².